The molecule has 1 heterocycles. The van der Waals surface area contributed by atoms with Crippen molar-refractivity contribution in [2.24, 2.45) is 17.6 Å². The molecule has 0 saturated carbocycles. The van der Waals surface area contributed by atoms with Crippen molar-refractivity contribution >= 4 is 24.2 Å². The lowest BCUT2D eigenvalue weighted by Gasteiger charge is -2.33. The molecule has 3 N–H and O–H groups in total. The van der Waals surface area contributed by atoms with Gasteiger partial charge >= 0.3 is 0 Å². The maximum absolute atomic E-state index is 12.3. The van der Waals surface area contributed by atoms with E-state index in [4.69, 9.17) is 5.73 Å². The molecule has 0 radical (unpaired) electrons. The first kappa shape index (κ1) is 20.2. The van der Waals surface area contributed by atoms with Crippen molar-refractivity contribution in [3.63, 3.8) is 0 Å². The number of piperidine rings is 1. The molecule has 1 unspecified atom stereocenters. The van der Waals surface area contributed by atoms with Crippen molar-refractivity contribution < 1.29 is 9.59 Å². The standard InChI is InChI=1S/C15H29N3O2.ClH/c1-3-12(4-2)10-14(19)18-9-5-6-13(11-18)15(20)17-8-7-16;/h12-13H,3-11,16H2,1-2H3,(H,17,20);1H. The molecule has 1 aliphatic rings. The van der Waals surface area contributed by atoms with Crippen molar-refractivity contribution in [1.29, 1.82) is 0 Å². The van der Waals surface area contributed by atoms with E-state index in [1.165, 1.54) is 0 Å². The van der Waals surface area contributed by atoms with E-state index in [9.17, 15) is 9.59 Å². The molecule has 0 bridgehead atoms. The van der Waals surface area contributed by atoms with Gasteiger partial charge in [-0.05, 0) is 18.8 Å². The van der Waals surface area contributed by atoms with Crippen LogP contribution in [0.4, 0.5) is 0 Å². The van der Waals surface area contributed by atoms with E-state index in [2.05, 4.69) is 19.2 Å². The van der Waals surface area contributed by atoms with Gasteiger partial charge in [-0.25, -0.2) is 0 Å². The number of hydrogen-bond donors (Lipinski definition) is 2. The van der Waals surface area contributed by atoms with Crippen LogP contribution in [0.1, 0.15) is 46.0 Å². The van der Waals surface area contributed by atoms with E-state index in [1.54, 1.807) is 0 Å². The van der Waals surface area contributed by atoms with Gasteiger partial charge in [0.1, 0.15) is 0 Å². The van der Waals surface area contributed by atoms with Crippen molar-refractivity contribution in [2.45, 2.75) is 46.0 Å². The molecule has 124 valence electrons. The Kier molecular flexibility index (Phi) is 10.4. The fourth-order valence-electron chi connectivity index (χ4n) is 2.71. The van der Waals surface area contributed by atoms with E-state index < -0.39 is 0 Å². The summed E-state index contributed by atoms with van der Waals surface area (Å²) in [5.41, 5.74) is 5.39. The van der Waals surface area contributed by atoms with Gasteiger partial charge in [-0.15, -0.1) is 12.4 Å². The van der Waals surface area contributed by atoms with E-state index in [0.29, 0.717) is 32.0 Å². The topological polar surface area (TPSA) is 75.4 Å². The quantitative estimate of drug-likeness (QED) is 0.747. The number of nitrogens with one attached hydrogen (secondary N) is 1. The molecule has 21 heavy (non-hydrogen) atoms. The Hall–Kier alpha value is -0.810. The van der Waals surface area contributed by atoms with Crippen LogP contribution in [-0.2, 0) is 9.59 Å². The highest BCUT2D eigenvalue weighted by atomic mass is 35.5. The lowest BCUT2D eigenvalue weighted by Crippen LogP contribution is -2.46. The second-order valence-electron chi connectivity index (χ2n) is 5.65. The molecule has 1 aliphatic heterocycles. The number of nitrogens with two attached hydrogens (primary N) is 1. The van der Waals surface area contributed by atoms with Crippen LogP contribution in [0.3, 0.4) is 0 Å². The SMILES string of the molecule is CCC(CC)CC(=O)N1CCCC(C(=O)NCCN)C1.Cl. The average Bonchev–Trinajstić information content (AvgIpc) is 2.50. The Labute approximate surface area is 134 Å². The molecule has 0 aliphatic carbocycles. The largest absolute Gasteiger partial charge is 0.355 e. The van der Waals surface area contributed by atoms with Crippen LogP contribution in [0.5, 0.6) is 0 Å². The number of nitrogens with zero attached hydrogens (tertiary/aromatic N) is 1. The third-order valence-electron chi connectivity index (χ3n) is 4.21. The smallest absolute Gasteiger partial charge is 0.224 e. The molecular weight excluding hydrogens is 290 g/mol. The number of carbonyl (C=O) groups is 2. The number of amides is 2. The van der Waals surface area contributed by atoms with Crippen LogP contribution in [0.25, 0.3) is 0 Å². The van der Waals surface area contributed by atoms with Crippen molar-refractivity contribution in [2.75, 3.05) is 26.2 Å². The summed E-state index contributed by atoms with van der Waals surface area (Å²) in [7, 11) is 0. The number of carbonyl (C=O) groups excluding carboxylic acids is 2. The predicted molar refractivity (Wildman–Crippen MR) is 87.3 cm³/mol. The minimum absolute atomic E-state index is 0. The highest BCUT2D eigenvalue weighted by Crippen LogP contribution is 2.20. The van der Waals surface area contributed by atoms with E-state index >= 15 is 0 Å². The highest BCUT2D eigenvalue weighted by molar-refractivity contribution is 5.85. The predicted octanol–water partition coefficient (Wildman–Crippen LogP) is 1.55. The number of likely N-dealkylation sites (tertiary alicyclic amines) is 1. The van der Waals surface area contributed by atoms with Crippen molar-refractivity contribution in [1.82, 2.24) is 10.2 Å². The van der Waals surface area contributed by atoms with Gasteiger partial charge in [-0.3, -0.25) is 9.59 Å². The molecule has 0 aromatic heterocycles. The first-order chi connectivity index (χ1) is 9.62. The number of hydrogen-bond acceptors (Lipinski definition) is 3. The van der Waals surface area contributed by atoms with Gasteiger partial charge in [0.2, 0.25) is 11.8 Å². The zero-order valence-electron chi connectivity index (χ0n) is 13.3. The number of halogens is 1. The lowest BCUT2D eigenvalue weighted by atomic mass is 9.94. The highest BCUT2D eigenvalue weighted by Gasteiger charge is 2.28. The zero-order chi connectivity index (χ0) is 15.0. The fraction of sp³-hybridized carbons (Fsp3) is 0.867. The maximum atomic E-state index is 12.3. The molecule has 0 spiro atoms. The maximum Gasteiger partial charge on any atom is 0.224 e. The molecule has 0 aromatic rings. The van der Waals surface area contributed by atoms with Crippen LogP contribution >= 0.6 is 12.4 Å². The summed E-state index contributed by atoms with van der Waals surface area (Å²) in [5.74, 6) is 0.639. The second kappa shape index (κ2) is 10.9. The van der Waals surface area contributed by atoms with Gasteiger partial charge < -0.3 is 16.0 Å². The minimum atomic E-state index is -0.0686. The third-order valence-corrected chi connectivity index (χ3v) is 4.21. The van der Waals surface area contributed by atoms with E-state index in [0.717, 1.165) is 32.2 Å². The molecule has 1 fully saturated rings. The number of rotatable bonds is 7. The van der Waals surface area contributed by atoms with Crippen molar-refractivity contribution in [3.05, 3.63) is 0 Å². The summed E-state index contributed by atoms with van der Waals surface area (Å²) < 4.78 is 0. The summed E-state index contributed by atoms with van der Waals surface area (Å²) in [5, 5.41) is 2.82. The molecule has 0 aromatic carbocycles. The third kappa shape index (κ3) is 6.66. The Morgan fingerprint density at radius 1 is 1.33 bits per heavy atom. The molecule has 5 nitrogen and oxygen atoms in total. The van der Waals surface area contributed by atoms with Gasteiger partial charge in [0.25, 0.3) is 0 Å². The first-order valence-electron chi connectivity index (χ1n) is 7.87. The monoisotopic (exact) mass is 319 g/mol. The molecule has 1 atom stereocenters. The van der Waals surface area contributed by atoms with Crippen LogP contribution in [0.15, 0.2) is 0 Å². The van der Waals surface area contributed by atoms with E-state index in [-0.39, 0.29) is 30.1 Å². The van der Waals surface area contributed by atoms with Crippen LogP contribution in [0.2, 0.25) is 0 Å². The average molecular weight is 320 g/mol. The van der Waals surface area contributed by atoms with Gasteiger partial charge in [0.05, 0.1) is 5.92 Å². The molecule has 1 saturated heterocycles. The Morgan fingerprint density at radius 2 is 2.00 bits per heavy atom. The van der Waals surface area contributed by atoms with Crippen LogP contribution in [0, 0.1) is 11.8 Å². The Balaban J connectivity index is 0.00000400. The minimum Gasteiger partial charge on any atom is -0.355 e. The normalized spacial score (nSPS) is 18.3. The molecule has 2 amide bonds. The van der Waals surface area contributed by atoms with Gasteiger partial charge in [-0.2, -0.15) is 0 Å². The molecule has 1 rings (SSSR count). The van der Waals surface area contributed by atoms with Crippen LogP contribution < -0.4 is 11.1 Å². The van der Waals surface area contributed by atoms with Gasteiger partial charge in [0, 0.05) is 32.6 Å². The molecular formula is C15H30ClN3O2. The van der Waals surface area contributed by atoms with Crippen molar-refractivity contribution in [3.8, 4) is 0 Å². The fourth-order valence-corrected chi connectivity index (χ4v) is 2.71. The Bertz CT molecular complexity index is 322. The summed E-state index contributed by atoms with van der Waals surface area (Å²) in [6.07, 6.45) is 4.47. The Morgan fingerprint density at radius 3 is 2.57 bits per heavy atom. The summed E-state index contributed by atoms with van der Waals surface area (Å²) in [4.78, 5) is 26.1. The summed E-state index contributed by atoms with van der Waals surface area (Å²) in [6.45, 7) is 6.57. The summed E-state index contributed by atoms with van der Waals surface area (Å²) >= 11 is 0. The molecule has 6 heteroatoms. The lowest BCUT2D eigenvalue weighted by molar-refractivity contribution is -0.136. The van der Waals surface area contributed by atoms with Crippen LogP contribution in [-0.4, -0.2) is 42.9 Å². The van der Waals surface area contributed by atoms with Gasteiger partial charge in [-0.1, -0.05) is 26.7 Å². The second-order valence-corrected chi connectivity index (χ2v) is 5.65. The van der Waals surface area contributed by atoms with Gasteiger partial charge in [0.15, 0.2) is 0 Å². The van der Waals surface area contributed by atoms with E-state index in [1.807, 2.05) is 4.90 Å². The summed E-state index contributed by atoms with van der Waals surface area (Å²) in [6, 6.07) is 0. The zero-order valence-corrected chi connectivity index (χ0v) is 14.1. The first-order valence-corrected chi connectivity index (χ1v) is 7.87.